The van der Waals surface area contributed by atoms with E-state index in [4.69, 9.17) is 0 Å². The highest BCUT2D eigenvalue weighted by molar-refractivity contribution is 5.97. The Hall–Kier alpha value is -3.67. The van der Waals surface area contributed by atoms with Crippen molar-refractivity contribution in [2.45, 2.75) is 12.5 Å². The second-order valence-corrected chi connectivity index (χ2v) is 6.84. The number of para-hydroxylation sites is 2. The Morgan fingerprint density at radius 3 is 2.43 bits per heavy atom. The SMILES string of the molecule is O=C(NCC(c1ccccc1)c1c[nH]c2ccccc12)c1ccccc1OC(F)F. The summed E-state index contributed by atoms with van der Waals surface area (Å²) in [5.41, 5.74) is 3.17. The summed E-state index contributed by atoms with van der Waals surface area (Å²) in [6, 6.07) is 23.8. The molecule has 0 saturated carbocycles. The molecule has 6 heteroatoms. The van der Waals surface area contributed by atoms with E-state index in [2.05, 4.69) is 15.0 Å². The summed E-state index contributed by atoms with van der Waals surface area (Å²) < 4.78 is 29.8. The molecule has 0 bridgehead atoms. The number of nitrogens with one attached hydrogen (secondary N) is 2. The number of benzene rings is 3. The zero-order chi connectivity index (χ0) is 20.9. The smallest absolute Gasteiger partial charge is 0.387 e. The van der Waals surface area contributed by atoms with Crippen LogP contribution < -0.4 is 10.1 Å². The van der Waals surface area contributed by atoms with Gasteiger partial charge in [0.05, 0.1) is 5.56 Å². The molecular formula is C24H20F2N2O2. The van der Waals surface area contributed by atoms with Crippen LogP contribution in [0.2, 0.25) is 0 Å². The Kier molecular flexibility index (Phi) is 5.75. The number of carbonyl (C=O) groups excluding carboxylic acids is 1. The highest BCUT2D eigenvalue weighted by Gasteiger charge is 2.21. The Labute approximate surface area is 172 Å². The van der Waals surface area contributed by atoms with Gasteiger partial charge in [-0.15, -0.1) is 0 Å². The molecule has 1 aromatic heterocycles. The molecule has 152 valence electrons. The van der Waals surface area contributed by atoms with Crippen LogP contribution in [0.1, 0.15) is 27.4 Å². The number of hydrogen-bond donors (Lipinski definition) is 2. The van der Waals surface area contributed by atoms with Gasteiger partial charge in [0, 0.05) is 29.6 Å². The number of amides is 1. The first kappa shape index (κ1) is 19.6. The van der Waals surface area contributed by atoms with Gasteiger partial charge >= 0.3 is 6.61 Å². The maximum atomic E-state index is 12.8. The van der Waals surface area contributed by atoms with Crippen LogP contribution in [0.25, 0.3) is 10.9 Å². The molecule has 1 amide bonds. The predicted molar refractivity (Wildman–Crippen MR) is 112 cm³/mol. The summed E-state index contributed by atoms with van der Waals surface area (Å²) in [6.07, 6.45) is 1.95. The largest absolute Gasteiger partial charge is 0.434 e. The molecule has 0 aliphatic heterocycles. The number of aromatic nitrogens is 1. The summed E-state index contributed by atoms with van der Waals surface area (Å²) in [6.45, 7) is -2.70. The van der Waals surface area contributed by atoms with Crippen molar-refractivity contribution < 1.29 is 18.3 Å². The second-order valence-electron chi connectivity index (χ2n) is 6.84. The molecule has 0 radical (unpaired) electrons. The van der Waals surface area contributed by atoms with Crippen LogP contribution in [0.5, 0.6) is 5.75 Å². The first-order chi connectivity index (χ1) is 14.6. The summed E-state index contributed by atoms with van der Waals surface area (Å²) in [5, 5.41) is 3.96. The number of halogens is 2. The van der Waals surface area contributed by atoms with Gasteiger partial charge in [-0.1, -0.05) is 60.7 Å². The van der Waals surface area contributed by atoms with E-state index in [1.165, 1.54) is 12.1 Å². The number of rotatable bonds is 7. The van der Waals surface area contributed by atoms with E-state index in [-0.39, 0.29) is 17.2 Å². The molecule has 0 spiro atoms. The molecule has 1 unspecified atom stereocenters. The third-order valence-corrected chi connectivity index (χ3v) is 5.01. The molecule has 2 N–H and O–H groups in total. The lowest BCUT2D eigenvalue weighted by molar-refractivity contribution is -0.0501. The molecule has 4 nitrogen and oxygen atoms in total. The van der Waals surface area contributed by atoms with Crippen molar-refractivity contribution in [3.63, 3.8) is 0 Å². The fourth-order valence-electron chi connectivity index (χ4n) is 3.62. The van der Waals surface area contributed by atoms with E-state index in [1.54, 1.807) is 12.1 Å². The predicted octanol–water partition coefficient (Wildman–Crippen LogP) is 5.33. The molecule has 0 fully saturated rings. The van der Waals surface area contributed by atoms with E-state index in [0.717, 1.165) is 22.0 Å². The minimum absolute atomic E-state index is 0.0727. The van der Waals surface area contributed by atoms with E-state index in [1.807, 2.05) is 60.8 Å². The number of aromatic amines is 1. The normalized spacial score (nSPS) is 12.1. The van der Waals surface area contributed by atoms with E-state index in [0.29, 0.717) is 6.54 Å². The molecular weight excluding hydrogens is 386 g/mol. The molecule has 1 atom stereocenters. The van der Waals surface area contributed by atoms with Crippen molar-refractivity contribution >= 4 is 16.8 Å². The molecule has 0 saturated heterocycles. The molecule has 4 rings (SSSR count). The molecule has 0 aliphatic rings. The maximum absolute atomic E-state index is 12.8. The van der Waals surface area contributed by atoms with Crippen LogP contribution >= 0.6 is 0 Å². The van der Waals surface area contributed by atoms with E-state index in [9.17, 15) is 13.6 Å². The Bertz CT molecular complexity index is 1140. The third-order valence-electron chi connectivity index (χ3n) is 5.01. The number of ether oxygens (including phenoxy) is 1. The molecule has 4 aromatic rings. The number of hydrogen-bond acceptors (Lipinski definition) is 2. The van der Waals surface area contributed by atoms with Crippen molar-refractivity contribution in [2.75, 3.05) is 6.54 Å². The van der Waals surface area contributed by atoms with Crippen LogP contribution in [-0.4, -0.2) is 24.0 Å². The maximum Gasteiger partial charge on any atom is 0.387 e. The standard InChI is InChI=1S/C24H20F2N2O2/c25-24(26)30-22-13-7-5-11-18(22)23(29)28-14-19(16-8-2-1-3-9-16)20-15-27-21-12-6-4-10-17(20)21/h1-13,15,19,24,27H,14H2,(H,28,29). The minimum atomic E-state index is -3.00. The zero-order valence-corrected chi connectivity index (χ0v) is 16.0. The van der Waals surface area contributed by atoms with Gasteiger partial charge < -0.3 is 15.0 Å². The van der Waals surface area contributed by atoms with E-state index < -0.39 is 12.5 Å². The van der Waals surface area contributed by atoms with Crippen LogP contribution in [0.3, 0.4) is 0 Å². The van der Waals surface area contributed by atoms with Crippen LogP contribution in [-0.2, 0) is 0 Å². The van der Waals surface area contributed by atoms with Crippen molar-refractivity contribution in [3.05, 3.63) is 102 Å². The van der Waals surface area contributed by atoms with Crippen LogP contribution in [0, 0.1) is 0 Å². The molecule has 0 aliphatic carbocycles. The van der Waals surface area contributed by atoms with Gasteiger partial charge in [0.1, 0.15) is 5.75 Å². The summed E-state index contributed by atoms with van der Waals surface area (Å²) >= 11 is 0. The van der Waals surface area contributed by atoms with Crippen molar-refractivity contribution in [2.24, 2.45) is 0 Å². The lowest BCUT2D eigenvalue weighted by Crippen LogP contribution is -2.29. The van der Waals surface area contributed by atoms with Gasteiger partial charge in [0.2, 0.25) is 0 Å². The van der Waals surface area contributed by atoms with Crippen molar-refractivity contribution in [1.82, 2.24) is 10.3 Å². The lowest BCUT2D eigenvalue weighted by atomic mass is 9.91. The quantitative estimate of drug-likeness (QED) is 0.436. The Morgan fingerprint density at radius 1 is 0.933 bits per heavy atom. The highest BCUT2D eigenvalue weighted by atomic mass is 19.3. The van der Waals surface area contributed by atoms with Crippen molar-refractivity contribution in [3.8, 4) is 5.75 Å². The fraction of sp³-hybridized carbons (Fsp3) is 0.125. The topological polar surface area (TPSA) is 54.1 Å². The highest BCUT2D eigenvalue weighted by Crippen LogP contribution is 2.30. The Balaban J connectivity index is 1.62. The minimum Gasteiger partial charge on any atom is -0.434 e. The van der Waals surface area contributed by atoms with Gasteiger partial charge in [0.25, 0.3) is 5.91 Å². The fourth-order valence-corrected chi connectivity index (χ4v) is 3.62. The Morgan fingerprint density at radius 2 is 1.63 bits per heavy atom. The monoisotopic (exact) mass is 406 g/mol. The van der Waals surface area contributed by atoms with Gasteiger partial charge in [0.15, 0.2) is 0 Å². The molecule has 3 aromatic carbocycles. The summed E-state index contributed by atoms with van der Waals surface area (Å²) in [5.74, 6) is -0.727. The van der Waals surface area contributed by atoms with Gasteiger partial charge in [-0.3, -0.25) is 4.79 Å². The number of H-pyrrole nitrogens is 1. The van der Waals surface area contributed by atoms with E-state index >= 15 is 0 Å². The summed E-state index contributed by atoms with van der Waals surface area (Å²) in [4.78, 5) is 16.0. The van der Waals surface area contributed by atoms with Gasteiger partial charge in [-0.25, -0.2) is 0 Å². The van der Waals surface area contributed by atoms with Crippen LogP contribution in [0.4, 0.5) is 8.78 Å². The average Bonchev–Trinajstić information content (AvgIpc) is 3.18. The van der Waals surface area contributed by atoms with Crippen molar-refractivity contribution in [1.29, 1.82) is 0 Å². The van der Waals surface area contributed by atoms with Gasteiger partial charge in [-0.05, 0) is 29.3 Å². The first-order valence-electron chi connectivity index (χ1n) is 9.56. The number of carbonyl (C=O) groups is 1. The molecule has 1 heterocycles. The molecule has 30 heavy (non-hydrogen) atoms. The first-order valence-corrected chi connectivity index (χ1v) is 9.56. The summed E-state index contributed by atoms with van der Waals surface area (Å²) in [7, 11) is 0. The second kappa shape index (κ2) is 8.78. The average molecular weight is 406 g/mol. The zero-order valence-electron chi connectivity index (χ0n) is 16.0. The van der Waals surface area contributed by atoms with Gasteiger partial charge in [-0.2, -0.15) is 8.78 Å². The lowest BCUT2D eigenvalue weighted by Gasteiger charge is -2.19. The third kappa shape index (κ3) is 4.17. The number of alkyl halides is 2. The number of fused-ring (bicyclic) bond motifs is 1. The van der Waals surface area contributed by atoms with Crippen LogP contribution in [0.15, 0.2) is 85.1 Å².